The van der Waals surface area contributed by atoms with E-state index in [0.29, 0.717) is 0 Å². The Hall–Kier alpha value is -3.98. The van der Waals surface area contributed by atoms with Gasteiger partial charge in [-0.3, -0.25) is 0 Å². The fourth-order valence-corrected chi connectivity index (χ4v) is 10.4. The number of nitrogens with zero attached hydrogens (tertiary/aromatic N) is 2. The molecule has 0 radical (unpaired) electrons. The van der Waals surface area contributed by atoms with E-state index in [2.05, 4.69) is 185 Å². The fourth-order valence-electron chi connectivity index (χ4n) is 10.4. The van der Waals surface area contributed by atoms with Crippen molar-refractivity contribution in [1.82, 2.24) is 9.13 Å². The van der Waals surface area contributed by atoms with Crippen LogP contribution in [0.1, 0.15) is 0 Å². The van der Waals surface area contributed by atoms with Crippen molar-refractivity contribution >= 4 is 270 Å². The number of rotatable bonds is 3. The van der Waals surface area contributed by atoms with E-state index in [1.54, 1.807) is 0 Å². The molecule has 2 aromatic heterocycles. The van der Waals surface area contributed by atoms with E-state index >= 15 is 0 Å². The Bertz CT molecular complexity index is 2970. The zero-order chi connectivity index (χ0) is 39.8. The molecule has 8 aromatic rings. The van der Waals surface area contributed by atoms with E-state index in [-0.39, 0.29) is 0 Å². The molecule has 0 bridgehead atoms. The van der Waals surface area contributed by atoms with Crippen LogP contribution in [0, 0.1) is 0 Å². The fraction of sp³-hybridized carbons (Fsp3) is 0. The van der Waals surface area contributed by atoms with E-state index in [4.69, 9.17) is 0 Å². The van der Waals surface area contributed by atoms with Gasteiger partial charge in [-0.2, -0.15) is 0 Å². The molecule has 0 saturated carbocycles. The molecule has 0 spiro atoms. The van der Waals surface area contributed by atoms with Gasteiger partial charge in [-0.15, -0.1) is 27.3 Å². The van der Waals surface area contributed by atoms with Gasteiger partial charge in [-0.1, -0.05) is 83.8 Å². The van der Waals surface area contributed by atoms with Crippen LogP contribution in [-0.4, -0.2) is 143 Å². The molecular formula is C36H41B17N2. The van der Waals surface area contributed by atoms with Crippen LogP contribution in [0.3, 0.4) is 0 Å². The van der Waals surface area contributed by atoms with Gasteiger partial charge in [0.1, 0.15) is 133 Å². The molecule has 0 saturated heterocycles. The predicted molar refractivity (Wildman–Crippen MR) is 300 cm³/mol. The Labute approximate surface area is 342 Å². The summed E-state index contributed by atoms with van der Waals surface area (Å²) in [5.74, 6) is 0. The number of para-hydroxylation sites is 1. The van der Waals surface area contributed by atoms with Crippen molar-refractivity contribution in [3.05, 3.63) is 42.5 Å². The van der Waals surface area contributed by atoms with E-state index in [9.17, 15) is 0 Å². The standard InChI is InChI=1S/C36H41B17N2/c37-17-13(18(38)24(44)28(48)23(17)43)14-19(39)27(47)33(53)36(22(14)42)55-11-4-2-1-3-9(11)10-7-8(5-6-12(10)55)54-34-15(20(40)25(45)29(49)31(34)51)16-21(41)26(46)30(50)32(52)35(16)54/h1-7H,37-53H2. The minimum atomic E-state index is 1.22. The molecule has 0 amide bonds. The second kappa shape index (κ2) is 13.0. The highest BCUT2D eigenvalue weighted by atomic mass is 15.0. The number of hydrogen-bond donors (Lipinski definition) is 0. The second-order valence-corrected chi connectivity index (χ2v) is 17.1. The Morgan fingerprint density at radius 1 is 0.309 bits per heavy atom. The van der Waals surface area contributed by atoms with E-state index in [1.807, 2.05) is 0 Å². The number of fused-ring (bicyclic) bond motifs is 6. The lowest BCUT2D eigenvalue weighted by Crippen LogP contribution is -2.57. The summed E-state index contributed by atoms with van der Waals surface area (Å²) in [5, 5.41) is 5.38. The zero-order valence-corrected chi connectivity index (χ0v) is 36.4. The minimum absolute atomic E-state index is 1.22. The number of aromatic nitrogens is 2. The third-order valence-electron chi connectivity index (χ3n) is 15.0. The summed E-state index contributed by atoms with van der Waals surface area (Å²) in [6.45, 7) is 0. The van der Waals surface area contributed by atoms with E-state index in [1.165, 1.54) is 159 Å². The summed E-state index contributed by atoms with van der Waals surface area (Å²) in [6, 6.07) is 16.3. The van der Waals surface area contributed by atoms with Crippen molar-refractivity contribution in [3.8, 4) is 22.5 Å². The van der Waals surface area contributed by atoms with Crippen molar-refractivity contribution in [2.45, 2.75) is 0 Å². The maximum Gasteiger partial charge on any atom is 0.142 e. The van der Waals surface area contributed by atoms with Crippen LogP contribution in [0.2, 0.25) is 0 Å². The molecular weight excluding hydrogens is 644 g/mol. The zero-order valence-electron chi connectivity index (χ0n) is 36.4. The molecule has 0 atom stereocenters. The SMILES string of the molecule is Bc1c(B)c(B)c(-c2c(B)c(B)c(B)c(-n3c4ccccc4c4cc(-n5c6c(B)c(B)c(B)c(B)c6c6c(B)c(B)c(B)c(B)c65)ccc43)c2B)c(B)c1B. The van der Waals surface area contributed by atoms with E-state index < -0.39 is 0 Å². The van der Waals surface area contributed by atoms with Crippen molar-refractivity contribution in [1.29, 1.82) is 0 Å². The predicted octanol–water partition coefficient (Wildman–Crippen LogP) is -20.1. The molecule has 0 fully saturated rings. The van der Waals surface area contributed by atoms with Gasteiger partial charge >= 0.3 is 0 Å². The molecule has 55 heavy (non-hydrogen) atoms. The first-order valence-corrected chi connectivity index (χ1v) is 20.2. The highest BCUT2D eigenvalue weighted by Crippen LogP contribution is 2.35. The molecule has 0 aliphatic heterocycles. The first-order valence-electron chi connectivity index (χ1n) is 20.2. The summed E-state index contributed by atoms with van der Waals surface area (Å²) >= 11 is 0. The number of hydrogen-bond acceptors (Lipinski definition) is 0. The monoisotopic (exact) mass is 688 g/mol. The Morgan fingerprint density at radius 2 is 0.709 bits per heavy atom. The van der Waals surface area contributed by atoms with Crippen LogP contribution >= 0.6 is 0 Å². The molecule has 19 heteroatoms. The van der Waals surface area contributed by atoms with Gasteiger partial charge < -0.3 is 9.13 Å². The Balaban J connectivity index is 1.51. The average molecular weight is 686 g/mol. The third-order valence-corrected chi connectivity index (χ3v) is 15.0. The van der Waals surface area contributed by atoms with Gasteiger partial charge in [0.05, 0.1) is 11.0 Å². The van der Waals surface area contributed by atoms with Gasteiger partial charge in [0.2, 0.25) is 0 Å². The largest absolute Gasteiger partial charge is 0.310 e. The Kier molecular flexibility index (Phi) is 8.99. The van der Waals surface area contributed by atoms with Crippen LogP contribution in [0.15, 0.2) is 42.5 Å². The highest BCUT2D eigenvalue weighted by Gasteiger charge is 2.26. The molecule has 0 aliphatic carbocycles. The van der Waals surface area contributed by atoms with Crippen molar-refractivity contribution in [2.24, 2.45) is 0 Å². The van der Waals surface area contributed by atoms with Crippen LogP contribution in [0.5, 0.6) is 0 Å². The summed E-state index contributed by atoms with van der Waals surface area (Å²) < 4.78 is 5.18. The molecule has 0 aliphatic rings. The lowest BCUT2D eigenvalue weighted by molar-refractivity contribution is 1.18. The first-order chi connectivity index (χ1) is 25.9. The molecule has 2 heterocycles. The average Bonchev–Trinajstić information content (AvgIpc) is 3.70. The molecule has 246 valence electrons. The smallest absolute Gasteiger partial charge is 0.142 e. The van der Waals surface area contributed by atoms with Gasteiger partial charge in [-0.05, 0) is 46.2 Å². The van der Waals surface area contributed by atoms with Gasteiger partial charge in [0, 0.05) is 33.2 Å². The Morgan fingerprint density at radius 3 is 1.24 bits per heavy atom. The summed E-state index contributed by atoms with van der Waals surface area (Å²) in [7, 11) is 39.4. The van der Waals surface area contributed by atoms with Crippen LogP contribution < -0.4 is 92.9 Å². The minimum Gasteiger partial charge on any atom is -0.310 e. The quantitative estimate of drug-likeness (QED) is 0.164. The molecule has 6 aromatic carbocycles. The van der Waals surface area contributed by atoms with E-state index in [0.717, 1.165) is 0 Å². The summed E-state index contributed by atoms with van der Waals surface area (Å²) in [6.07, 6.45) is 0. The first kappa shape index (κ1) is 37.9. The van der Waals surface area contributed by atoms with Gasteiger partial charge in [-0.25, -0.2) is 0 Å². The van der Waals surface area contributed by atoms with Crippen LogP contribution in [0.25, 0.3) is 66.1 Å². The normalized spacial score (nSPS) is 11.8. The lowest BCUT2D eigenvalue weighted by Gasteiger charge is -2.28. The summed E-state index contributed by atoms with van der Waals surface area (Å²) in [5.41, 5.74) is 34.0. The second-order valence-electron chi connectivity index (χ2n) is 17.1. The summed E-state index contributed by atoms with van der Waals surface area (Å²) in [4.78, 5) is 0. The lowest BCUT2D eigenvalue weighted by atomic mass is 9.56. The maximum absolute atomic E-state index is 2.61. The van der Waals surface area contributed by atoms with Crippen LogP contribution in [-0.2, 0) is 0 Å². The molecule has 2 nitrogen and oxygen atoms in total. The molecule has 0 N–H and O–H groups in total. The topological polar surface area (TPSA) is 9.86 Å². The van der Waals surface area contributed by atoms with Gasteiger partial charge in [0.25, 0.3) is 0 Å². The number of benzene rings is 6. The van der Waals surface area contributed by atoms with Crippen molar-refractivity contribution in [2.75, 3.05) is 0 Å². The van der Waals surface area contributed by atoms with Crippen molar-refractivity contribution in [3.63, 3.8) is 0 Å². The maximum atomic E-state index is 2.61. The van der Waals surface area contributed by atoms with Crippen molar-refractivity contribution < 1.29 is 0 Å². The third kappa shape index (κ3) is 4.99. The highest BCUT2D eigenvalue weighted by molar-refractivity contribution is 6.73. The molecule has 0 unspecified atom stereocenters. The van der Waals surface area contributed by atoms with Crippen LogP contribution in [0.4, 0.5) is 0 Å². The van der Waals surface area contributed by atoms with Gasteiger partial charge in [0.15, 0.2) is 0 Å². The molecule has 8 rings (SSSR count).